The van der Waals surface area contributed by atoms with Crippen LogP contribution in [-0.2, 0) is 0 Å². The van der Waals surface area contributed by atoms with Gasteiger partial charge in [0.25, 0.3) is 0 Å². The van der Waals surface area contributed by atoms with Gasteiger partial charge < -0.3 is 14.8 Å². The van der Waals surface area contributed by atoms with E-state index < -0.39 is 0 Å². The molecule has 1 aromatic carbocycles. The SMILES string of the molecule is COc1cc(O[C@@H]2CCN(C(C)C)C2)ccc1-c1cc(Nc2cnc(C#N)cn2)n[nH]1.Cl. The largest absolute Gasteiger partial charge is 0.496 e. The minimum absolute atomic E-state index is 0. The predicted octanol–water partition coefficient (Wildman–Crippen LogP) is 3.77. The van der Waals surface area contributed by atoms with Gasteiger partial charge in [0.2, 0.25) is 0 Å². The third-order valence-electron chi connectivity index (χ3n) is 5.27. The summed E-state index contributed by atoms with van der Waals surface area (Å²) in [5.74, 6) is 2.57. The Balaban J connectivity index is 0.00000289. The maximum absolute atomic E-state index is 8.82. The molecule has 0 amide bonds. The Kier molecular flexibility index (Phi) is 7.51. The topological polar surface area (TPSA) is 112 Å². The summed E-state index contributed by atoms with van der Waals surface area (Å²) in [6.07, 6.45) is 4.11. The van der Waals surface area contributed by atoms with Gasteiger partial charge in [0.05, 0.1) is 25.2 Å². The molecule has 3 aromatic rings. The summed E-state index contributed by atoms with van der Waals surface area (Å²) >= 11 is 0. The number of hydrogen-bond donors (Lipinski definition) is 2. The number of nitriles is 1. The molecule has 0 bridgehead atoms. The van der Waals surface area contributed by atoms with Gasteiger partial charge >= 0.3 is 0 Å². The summed E-state index contributed by atoms with van der Waals surface area (Å²) in [6, 6.07) is 10.2. The van der Waals surface area contributed by atoms with Crippen LogP contribution in [0.3, 0.4) is 0 Å². The van der Waals surface area contributed by atoms with E-state index in [1.54, 1.807) is 7.11 Å². The number of aromatic amines is 1. The Morgan fingerprint density at radius 1 is 1.22 bits per heavy atom. The zero-order chi connectivity index (χ0) is 21.8. The van der Waals surface area contributed by atoms with Crippen LogP contribution in [-0.4, -0.2) is 57.4 Å². The number of ether oxygens (including phenoxy) is 2. The van der Waals surface area contributed by atoms with Crippen LogP contribution in [0.1, 0.15) is 26.0 Å². The second-order valence-electron chi connectivity index (χ2n) is 7.67. The van der Waals surface area contributed by atoms with Gasteiger partial charge in [0.1, 0.15) is 29.5 Å². The van der Waals surface area contributed by atoms with Crippen LogP contribution in [0.25, 0.3) is 11.3 Å². The molecule has 32 heavy (non-hydrogen) atoms. The van der Waals surface area contributed by atoms with E-state index in [-0.39, 0.29) is 24.2 Å². The van der Waals surface area contributed by atoms with Crippen molar-refractivity contribution >= 4 is 24.0 Å². The van der Waals surface area contributed by atoms with Crippen molar-refractivity contribution in [3.05, 3.63) is 42.4 Å². The fraction of sp³-hybridized carbons (Fsp3) is 0.364. The van der Waals surface area contributed by atoms with Crippen molar-refractivity contribution in [2.75, 3.05) is 25.5 Å². The second kappa shape index (κ2) is 10.3. The lowest BCUT2D eigenvalue weighted by Gasteiger charge is -2.20. The number of hydrogen-bond acceptors (Lipinski definition) is 8. The minimum Gasteiger partial charge on any atom is -0.496 e. The summed E-state index contributed by atoms with van der Waals surface area (Å²) in [5.41, 5.74) is 1.92. The number of halogens is 1. The molecule has 4 rings (SSSR count). The molecule has 1 aliphatic rings. The van der Waals surface area contributed by atoms with E-state index >= 15 is 0 Å². The van der Waals surface area contributed by atoms with Gasteiger partial charge in [-0.2, -0.15) is 10.4 Å². The van der Waals surface area contributed by atoms with Crippen LogP contribution < -0.4 is 14.8 Å². The number of nitrogens with zero attached hydrogens (tertiary/aromatic N) is 5. The normalized spacial score (nSPS) is 15.8. The standard InChI is InChI=1S/C22H25N7O2.ClH/c1-14(2)29-7-6-17(13-29)31-16-4-5-18(20(8-16)30-3)19-9-21(28-27-19)26-22-12-24-15(10-23)11-25-22;/h4-5,8-9,11-12,14,17H,6-7,13H2,1-3H3,(H2,25,26,27,28);1H/t17-;/m1./s1. The number of H-pyrrole nitrogens is 1. The first-order valence-electron chi connectivity index (χ1n) is 10.2. The molecule has 1 fully saturated rings. The van der Waals surface area contributed by atoms with Gasteiger partial charge in [-0.15, -0.1) is 12.4 Å². The molecular formula is C22H26ClN7O2. The van der Waals surface area contributed by atoms with Crippen LogP contribution in [0.4, 0.5) is 11.6 Å². The minimum atomic E-state index is 0. The Hall–Kier alpha value is -3.35. The molecule has 2 N–H and O–H groups in total. The molecule has 1 aliphatic heterocycles. The molecule has 0 radical (unpaired) electrons. The highest BCUT2D eigenvalue weighted by atomic mass is 35.5. The summed E-state index contributed by atoms with van der Waals surface area (Å²) in [5, 5.41) is 19.2. The van der Waals surface area contributed by atoms with Crippen LogP contribution in [0.2, 0.25) is 0 Å². The molecular weight excluding hydrogens is 430 g/mol. The van der Waals surface area contributed by atoms with Crippen LogP contribution in [0, 0.1) is 11.3 Å². The molecule has 3 heterocycles. The zero-order valence-corrected chi connectivity index (χ0v) is 19.0. The van der Waals surface area contributed by atoms with Gasteiger partial charge in [-0.3, -0.25) is 10.00 Å². The Morgan fingerprint density at radius 2 is 2.06 bits per heavy atom. The number of methoxy groups -OCH3 is 1. The maximum atomic E-state index is 8.82. The highest BCUT2D eigenvalue weighted by Crippen LogP contribution is 2.34. The quantitative estimate of drug-likeness (QED) is 0.553. The molecule has 0 unspecified atom stereocenters. The van der Waals surface area contributed by atoms with E-state index in [2.05, 4.69) is 44.2 Å². The molecule has 168 valence electrons. The monoisotopic (exact) mass is 455 g/mol. The maximum Gasteiger partial charge on any atom is 0.158 e. The Morgan fingerprint density at radius 3 is 2.72 bits per heavy atom. The molecule has 1 atom stereocenters. The first kappa shape index (κ1) is 23.3. The lowest BCUT2D eigenvalue weighted by molar-refractivity contribution is 0.187. The summed E-state index contributed by atoms with van der Waals surface area (Å²) < 4.78 is 11.8. The fourth-order valence-corrected chi connectivity index (χ4v) is 3.58. The van der Waals surface area contributed by atoms with Gasteiger partial charge in [-0.05, 0) is 32.4 Å². The smallest absolute Gasteiger partial charge is 0.158 e. The number of nitrogens with one attached hydrogen (secondary N) is 2. The first-order valence-corrected chi connectivity index (χ1v) is 10.2. The molecule has 1 saturated heterocycles. The third kappa shape index (κ3) is 5.28. The molecule has 2 aromatic heterocycles. The van der Waals surface area contributed by atoms with Crippen LogP contribution >= 0.6 is 12.4 Å². The molecule has 0 spiro atoms. The highest BCUT2D eigenvalue weighted by molar-refractivity contribution is 5.85. The van der Waals surface area contributed by atoms with E-state index in [9.17, 15) is 0 Å². The van der Waals surface area contributed by atoms with Gasteiger partial charge in [-0.1, -0.05) is 0 Å². The average Bonchev–Trinajstić information content (AvgIpc) is 3.44. The first-order chi connectivity index (χ1) is 15.1. The molecule has 0 aliphatic carbocycles. The molecule has 9 nitrogen and oxygen atoms in total. The lowest BCUT2D eigenvalue weighted by Crippen LogP contribution is -2.30. The average molecular weight is 456 g/mol. The van der Waals surface area contributed by atoms with Gasteiger partial charge in [0.15, 0.2) is 11.5 Å². The van der Waals surface area contributed by atoms with Crippen molar-refractivity contribution in [3.63, 3.8) is 0 Å². The number of benzene rings is 1. The Bertz CT molecular complexity index is 1080. The van der Waals surface area contributed by atoms with Crippen molar-refractivity contribution in [2.24, 2.45) is 0 Å². The van der Waals surface area contributed by atoms with Crippen molar-refractivity contribution in [2.45, 2.75) is 32.4 Å². The summed E-state index contributed by atoms with van der Waals surface area (Å²) in [6.45, 7) is 6.42. The van der Waals surface area contributed by atoms with Gasteiger partial charge in [0, 0.05) is 36.8 Å². The summed E-state index contributed by atoms with van der Waals surface area (Å²) in [4.78, 5) is 10.6. The summed E-state index contributed by atoms with van der Waals surface area (Å²) in [7, 11) is 1.64. The van der Waals surface area contributed by atoms with Crippen molar-refractivity contribution in [1.29, 1.82) is 5.26 Å². The third-order valence-corrected chi connectivity index (χ3v) is 5.27. The van der Waals surface area contributed by atoms with Crippen molar-refractivity contribution in [3.8, 4) is 28.8 Å². The van der Waals surface area contributed by atoms with Crippen LogP contribution in [0.5, 0.6) is 11.5 Å². The van der Waals surface area contributed by atoms with E-state index in [0.29, 0.717) is 23.4 Å². The molecule has 0 saturated carbocycles. The van der Waals surface area contributed by atoms with E-state index in [1.165, 1.54) is 12.4 Å². The predicted molar refractivity (Wildman–Crippen MR) is 124 cm³/mol. The number of rotatable bonds is 7. The van der Waals surface area contributed by atoms with Gasteiger partial charge in [-0.25, -0.2) is 9.97 Å². The number of likely N-dealkylation sites (tertiary alicyclic amines) is 1. The lowest BCUT2D eigenvalue weighted by atomic mass is 10.1. The van der Waals surface area contributed by atoms with E-state index in [1.807, 2.05) is 30.3 Å². The Labute approximate surface area is 193 Å². The van der Waals surface area contributed by atoms with Crippen molar-refractivity contribution in [1.82, 2.24) is 25.1 Å². The van der Waals surface area contributed by atoms with Crippen LogP contribution in [0.15, 0.2) is 36.7 Å². The fourth-order valence-electron chi connectivity index (χ4n) is 3.58. The number of anilines is 2. The second-order valence-corrected chi connectivity index (χ2v) is 7.67. The highest BCUT2D eigenvalue weighted by Gasteiger charge is 2.25. The van der Waals surface area contributed by atoms with E-state index in [0.717, 1.165) is 36.5 Å². The zero-order valence-electron chi connectivity index (χ0n) is 18.2. The molecule has 10 heteroatoms. The van der Waals surface area contributed by atoms with E-state index in [4.69, 9.17) is 14.7 Å². The van der Waals surface area contributed by atoms with Crippen molar-refractivity contribution < 1.29 is 9.47 Å². The number of aromatic nitrogens is 4.